The predicted molar refractivity (Wildman–Crippen MR) is 74.7 cm³/mol. The summed E-state index contributed by atoms with van der Waals surface area (Å²) in [5.41, 5.74) is 1.08. The minimum Gasteiger partial charge on any atom is -0.391 e. The average molecular weight is 262 g/mol. The Morgan fingerprint density at radius 2 is 2.11 bits per heavy atom. The Bertz CT molecular complexity index is 421. The van der Waals surface area contributed by atoms with Crippen molar-refractivity contribution in [2.75, 3.05) is 13.1 Å². The van der Waals surface area contributed by atoms with E-state index in [2.05, 4.69) is 5.32 Å². The van der Waals surface area contributed by atoms with Gasteiger partial charge in [-0.2, -0.15) is 0 Å². The average Bonchev–Trinajstić information content (AvgIpc) is 2.42. The van der Waals surface area contributed by atoms with Crippen LogP contribution in [0.2, 0.25) is 0 Å². The quantitative estimate of drug-likeness (QED) is 0.858. The molecule has 1 aliphatic heterocycles. The number of amides is 2. The summed E-state index contributed by atoms with van der Waals surface area (Å²) in [6, 6.07) is 9.76. The van der Waals surface area contributed by atoms with Crippen molar-refractivity contribution in [3.8, 4) is 0 Å². The Hall–Kier alpha value is -1.55. The van der Waals surface area contributed by atoms with Crippen LogP contribution in [0, 0.1) is 5.92 Å². The van der Waals surface area contributed by atoms with E-state index >= 15 is 0 Å². The van der Waals surface area contributed by atoms with E-state index in [4.69, 9.17) is 0 Å². The van der Waals surface area contributed by atoms with Gasteiger partial charge in [0.25, 0.3) is 0 Å². The summed E-state index contributed by atoms with van der Waals surface area (Å²) < 4.78 is 0. The topological polar surface area (TPSA) is 52.6 Å². The zero-order chi connectivity index (χ0) is 13.8. The molecule has 0 spiro atoms. The van der Waals surface area contributed by atoms with Gasteiger partial charge in [0.2, 0.25) is 0 Å². The van der Waals surface area contributed by atoms with Gasteiger partial charge in [0, 0.05) is 13.1 Å². The maximum Gasteiger partial charge on any atom is 0.317 e. The third-order valence-electron chi connectivity index (χ3n) is 3.85. The van der Waals surface area contributed by atoms with E-state index in [0.29, 0.717) is 13.1 Å². The summed E-state index contributed by atoms with van der Waals surface area (Å²) in [6.45, 7) is 5.13. The molecule has 0 aromatic heterocycles. The van der Waals surface area contributed by atoms with Crippen LogP contribution in [0.1, 0.15) is 31.9 Å². The molecule has 2 amide bonds. The highest BCUT2D eigenvalue weighted by Gasteiger charge is 2.27. The van der Waals surface area contributed by atoms with E-state index in [1.165, 1.54) is 0 Å². The number of aliphatic hydroxyl groups excluding tert-OH is 1. The van der Waals surface area contributed by atoms with Gasteiger partial charge in [-0.3, -0.25) is 0 Å². The molecule has 1 heterocycles. The number of nitrogens with one attached hydrogen (secondary N) is 1. The van der Waals surface area contributed by atoms with Gasteiger partial charge in [-0.15, -0.1) is 0 Å². The van der Waals surface area contributed by atoms with Crippen LogP contribution in [-0.4, -0.2) is 35.2 Å². The minimum atomic E-state index is -0.411. The van der Waals surface area contributed by atoms with E-state index < -0.39 is 6.10 Å². The van der Waals surface area contributed by atoms with Crippen molar-refractivity contribution in [2.45, 2.75) is 32.4 Å². The van der Waals surface area contributed by atoms with Gasteiger partial charge in [0.15, 0.2) is 0 Å². The first-order chi connectivity index (χ1) is 9.08. The van der Waals surface area contributed by atoms with E-state index in [1.807, 2.05) is 44.2 Å². The summed E-state index contributed by atoms with van der Waals surface area (Å²) in [7, 11) is 0. The molecule has 2 N–H and O–H groups in total. The van der Waals surface area contributed by atoms with Crippen molar-refractivity contribution < 1.29 is 9.90 Å². The number of hydrogen-bond donors (Lipinski definition) is 2. The first kappa shape index (κ1) is 13.9. The molecular weight excluding hydrogens is 240 g/mol. The SMILES string of the molecule is CC(NC(=O)N1CCC(C)C(O)C1)c1ccccc1. The van der Waals surface area contributed by atoms with Gasteiger partial charge in [-0.1, -0.05) is 37.3 Å². The Morgan fingerprint density at radius 1 is 1.42 bits per heavy atom. The van der Waals surface area contributed by atoms with Crippen molar-refractivity contribution in [3.63, 3.8) is 0 Å². The first-order valence-electron chi connectivity index (χ1n) is 6.86. The Labute approximate surface area is 114 Å². The largest absolute Gasteiger partial charge is 0.391 e. The number of piperidine rings is 1. The Balaban J connectivity index is 1.91. The number of carbonyl (C=O) groups is 1. The normalized spacial score (nSPS) is 24.9. The van der Waals surface area contributed by atoms with Gasteiger partial charge in [-0.25, -0.2) is 4.79 Å². The molecule has 0 radical (unpaired) electrons. The second-order valence-electron chi connectivity index (χ2n) is 5.36. The lowest BCUT2D eigenvalue weighted by molar-refractivity contribution is 0.0431. The van der Waals surface area contributed by atoms with Gasteiger partial charge in [0.1, 0.15) is 0 Å². The monoisotopic (exact) mass is 262 g/mol. The lowest BCUT2D eigenvalue weighted by Crippen LogP contribution is -2.50. The first-order valence-corrected chi connectivity index (χ1v) is 6.86. The molecule has 3 atom stereocenters. The molecule has 104 valence electrons. The van der Waals surface area contributed by atoms with Crippen molar-refractivity contribution >= 4 is 6.03 Å². The summed E-state index contributed by atoms with van der Waals surface area (Å²) in [6.07, 6.45) is 0.445. The van der Waals surface area contributed by atoms with Crippen LogP contribution in [0.4, 0.5) is 4.79 Å². The molecule has 4 nitrogen and oxygen atoms in total. The maximum atomic E-state index is 12.1. The second-order valence-corrected chi connectivity index (χ2v) is 5.36. The van der Waals surface area contributed by atoms with Crippen LogP contribution in [0.15, 0.2) is 30.3 Å². The molecule has 2 rings (SSSR count). The lowest BCUT2D eigenvalue weighted by Gasteiger charge is -2.34. The molecule has 1 aromatic carbocycles. The number of urea groups is 1. The number of carbonyl (C=O) groups excluding carboxylic acids is 1. The highest BCUT2D eigenvalue weighted by atomic mass is 16.3. The van der Waals surface area contributed by atoms with Gasteiger partial charge < -0.3 is 15.3 Å². The predicted octanol–water partition coefficient (Wildman–Crippen LogP) is 2.16. The van der Waals surface area contributed by atoms with Crippen molar-refractivity contribution in [2.24, 2.45) is 5.92 Å². The Kier molecular flexibility index (Phi) is 4.43. The number of nitrogens with zero attached hydrogens (tertiary/aromatic N) is 1. The van der Waals surface area contributed by atoms with Crippen LogP contribution >= 0.6 is 0 Å². The van der Waals surface area contributed by atoms with E-state index in [9.17, 15) is 9.90 Å². The molecule has 0 aliphatic carbocycles. The van der Waals surface area contributed by atoms with Crippen molar-refractivity contribution in [1.29, 1.82) is 0 Å². The maximum absolute atomic E-state index is 12.1. The van der Waals surface area contributed by atoms with E-state index in [1.54, 1.807) is 4.90 Å². The zero-order valence-corrected chi connectivity index (χ0v) is 11.5. The van der Waals surface area contributed by atoms with Crippen molar-refractivity contribution in [3.05, 3.63) is 35.9 Å². The fourth-order valence-corrected chi connectivity index (χ4v) is 2.33. The van der Waals surface area contributed by atoms with Gasteiger partial charge in [0.05, 0.1) is 12.1 Å². The standard InChI is InChI=1S/C15H22N2O2/c1-11-8-9-17(10-14(11)18)15(19)16-12(2)13-6-4-3-5-7-13/h3-7,11-12,14,18H,8-10H2,1-2H3,(H,16,19). The van der Waals surface area contributed by atoms with E-state index in [-0.39, 0.29) is 18.0 Å². The molecule has 0 bridgehead atoms. The summed E-state index contributed by atoms with van der Waals surface area (Å²) in [5.74, 6) is 0.274. The fraction of sp³-hybridized carbons (Fsp3) is 0.533. The summed E-state index contributed by atoms with van der Waals surface area (Å²) >= 11 is 0. The molecule has 1 aliphatic rings. The number of likely N-dealkylation sites (tertiary alicyclic amines) is 1. The van der Waals surface area contributed by atoms with E-state index in [0.717, 1.165) is 12.0 Å². The molecule has 1 saturated heterocycles. The number of rotatable bonds is 2. The molecule has 0 saturated carbocycles. The third-order valence-corrected chi connectivity index (χ3v) is 3.85. The van der Waals surface area contributed by atoms with Crippen LogP contribution in [-0.2, 0) is 0 Å². The fourth-order valence-electron chi connectivity index (χ4n) is 2.33. The summed E-state index contributed by atoms with van der Waals surface area (Å²) in [4.78, 5) is 13.8. The third kappa shape index (κ3) is 3.47. The van der Waals surface area contributed by atoms with Gasteiger partial charge in [-0.05, 0) is 24.8 Å². The summed E-state index contributed by atoms with van der Waals surface area (Å²) in [5, 5.41) is 12.8. The van der Waals surface area contributed by atoms with Gasteiger partial charge >= 0.3 is 6.03 Å². The number of β-amino-alcohol motifs (C(OH)–C–C–N with tert-alkyl or cyclic N) is 1. The van der Waals surface area contributed by atoms with Crippen LogP contribution in [0.25, 0.3) is 0 Å². The molecule has 1 fully saturated rings. The van der Waals surface area contributed by atoms with Crippen LogP contribution in [0.3, 0.4) is 0 Å². The number of aliphatic hydroxyl groups is 1. The molecule has 4 heteroatoms. The molecular formula is C15H22N2O2. The van der Waals surface area contributed by atoms with Crippen molar-refractivity contribution in [1.82, 2.24) is 10.2 Å². The molecule has 19 heavy (non-hydrogen) atoms. The lowest BCUT2D eigenvalue weighted by atomic mass is 9.96. The smallest absolute Gasteiger partial charge is 0.317 e. The number of hydrogen-bond acceptors (Lipinski definition) is 2. The minimum absolute atomic E-state index is 0.0230. The second kappa shape index (κ2) is 6.06. The number of benzene rings is 1. The zero-order valence-electron chi connectivity index (χ0n) is 11.5. The van der Waals surface area contributed by atoms with Crippen LogP contribution < -0.4 is 5.32 Å². The highest BCUT2D eigenvalue weighted by Crippen LogP contribution is 2.18. The van der Waals surface area contributed by atoms with Crippen LogP contribution in [0.5, 0.6) is 0 Å². The molecule has 1 aromatic rings. The Morgan fingerprint density at radius 3 is 2.74 bits per heavy atom. The molecule has 3 unspecified atom stereocenters. The highest BCUT2D eigenvalue weighted by molar-refractivity contribution is 5.74.